The van der Waals surface area contributed by atoms with E-state index in [1.165, 1.54) is 16.6 Å². The van der Waals surface area contributed by atoms with Crippen LogP contribution in [0, 0.1) is 5.92 Å². The standard InChI is InChI=1S/C12H17N3O4S/c1-14-8-9-3-6-15(7-4-11(9)20(14,17)18)12(16)10-2-5-13-19-10/h2,5,9,11H,3-4,6-8H2,1H3/t9-,11-/m1/s1. The second-order valence-electron chi connectivity index (χ2n) is 5.37. The fraction of sp³-hybridized carbons (Fsp3) is 0.667. The zero-order chi connectivity index (χ0) is 14.3. The highest BCUT2D eigenvalue weighted by Crippen LogP contribution is 2.33. The summed E-state index contributed by atoms with van der Waals surface area (Å²) >= 11 is 0. The van der Waals surface area contributed by atoms with Crippen LogP contribution in [0.5, 0.6) is 0 Å². The highest BCUT2D eigenvalue weighted by molar-refractivity contribution is 7.90. The second kappa shape index (κ2) is 4.85. The molecule has 7 nitrogen and oxygen atoms in total. The lowest BCUT2D eigenvalue weighted by Gasteiger charge is -2.19. The van der Waals surface area contributed by atoms with Crippen molar-refractivity contribution < 1.29 is 17.7 Å². The van der Waals surface area contributed by atoms with Crippen molar-refractivity contribution in [1.29, 1.82) is 0 Å². The average Bonchev–Trinajstić information content (AvgIpc) is 2.93. The normalized spacial score (nSPS) is 29.9. The monoisotopic (exact) mass is 299 g/mol. The van der Waals surface area contributed by atoms with Crippen molar-refractivity contribution in [1.82, 2.24) is 14.4 Å². The molecule has 2 aliphatic heterocycles. The van der Waals surface area contributed by atoms with Crippen molar-refractivity contribution in [2.24, 2.45) is 5.92 Å². The predicted octanol–water partition coefficient (Wildman–Crippen LogP) is 0.171. The van der Waals surface area contributed by atoms with Gasteiger partial charge in [0.2, 0.25) is 15.8 Å². The second-order valence-corrected chi connectivity index (χ2v) is 7.63. The quantitative estimate of drug-likeness (QED) is 0.738. The molecule has 0 aliphatic carbocycles. The van der Waals surface area contributed by atoms with Gasteiger partial charge in [0.15, 0.2) is 0 Å². The minimum Gasteiger partial charge on any atom is -0.351 e. The summed E-state index contributed by atoms with van der Waals surface area (Å²) in [5.41, 5.74) is 0. The number of sulfonamides is 1. The van der Waals surface area contributed by atoms with Crippen molar-refractivity contribution in [2.45, 2.75) is 18.1 Å². The van der Waals surface area contributed by atoms with Crippen LogP contribution in [-0.4, -0.2) is 60.6 Å². The number of aromatic nitrogens is 1. The Kier molecular flexibility index (Phi) is 3.29. The molecule has 3 heterocycles. The van der Waals surface area contributed by atoms with Gasteiger partial charge < -0.3 is 9.42 Å². The molecule has 0 aromatic carbocycles. The van der Waals surface area contributed by atoms with Crippen LogP contribution >= 0.6 is 0 Å². The number of rotatable bonds is 1. The number of likely N-dealkylation sites (tertiary alicyclic amines) is 1. The minimum atomic E-state index is -3.19. The van der Waals surface area contributed by atoms with Crippen LogP contribution in [-0.2, 0) is 10.0 Å². The van der Waals surface area contributed by atoms with Crippen LogP contribution in [0.2, 0.25) is 0 Å². The maximum Gasteiger partial charge on any atom is 0.292 e. The molecule has 110 valence electrons. The number of carbonyl (C=O) groups excluding carboxylic acids is 1. The molecule has 1 aromatic rings. The van der Waals surface area contributed by atoms with Gasteiger partial charge in [-0.2, -0.15) is 0 Å². The van der Waals surface area contributed by atoms with E-state index < -0.39 is 10.0 Å². The van der Waals surface area contributed by atoms with Crippen LogP contribution in [0.25, 0.3) is 0 Å². The van der Waals surface area contributed by atoms with Crippen molar-refractivity contribution in [3.63, 3.8) is 0 Å². The van der Waals surface area contributed by atoms with Crippen molar-refractivity contribution >= 4 is 15.9 Å². The molecule has 2 atom stereocenters. The van der Waals surface area contributed by atoms with E-state index in [1.807, 2.05) is 0 Å². The van der Waals surface area contributed by atoms with E-state index in [-0.39, 0.29) is 22.8 Å². The molecule has 0 N–H and O–H groups in total. The lowest BCUT2D eigenvalue weighted by molar-refractivity contribution is 0.0717. The fourth-order valence-electron chi connectivity index (χ4n) is 3.09. The summed E-state index contributed by atoms with van der Waals surface area (Å²) in [6.07, 6.45) is 2.62. The Morgan fingerprint density at radius 2 is 2.15 bits per heavy atom. The van der Waals surface area contributed by atoms with E-state index in [2.05, 4.69) is 5.16 Å². The summed E-state index contributed by atoms with van der Waals surface area (Å²) in [5, 5.41) is 3.17. The highest BCUT2D eigenvalue weighted by Gasteiger charge is 2.45. The van der Waals surface area contributed by atoms with Gasteiger partial charge in [-0.15, -0.1) is 0 Å². The summed E-state index contributed by atoms with van der Waals surface area (Å²) in [6.45, 7) is 1.55. The lowest BCUT2D eigenvalue weighted by Crippen LogP contribution is -2.33. The number of amides is 1. The first-order valence-electron chi connectivity index (χ1n) is 6.65. The third-order valence-corrected chi connectivity index (χ3v) is 6.63. The first-order valence-corrected chi connectivity index (χ1v) is 8.15. The molecule has 3 rings (SSSR count). The van der Waals surface area contributed by atoms with E-state index in [9.17, 15) is 13.2 Å². The Hall–Kier alpha value is -1.41. The van der Waals surface area contributed by atoms with Gasteiger partial charge in [0.05, 0.1) is 11.4 Å². The summed E-state index contributed by atoms with van der Waals surface area (Å²) in [7, 11) is -1.57. The smallest absolute Gasteiger partial charge is 0.292 e. The predicted molar refractivity (Wildman–Crippen MR) is 70.5 cm³/mol. The third-order valence-electron chi connectivity index (χ3n) is 4.22. The summed E-state index contributed by atoms with van der Waals surface area (Å²) < 4.78 is 30.7. The third kappa shape index (κ3) is 2.12. The van der Waals surface area contributed by atoms with Crippen molar-refractivity contribution in [3.8, 4) is 0 Å². The van der Waals surface area contributed by atoms with E-state index in [1.54, 1.807) is 11.9 Å². The number of hydrogen-bond donors (Lipinski definition) is 0. The van der Waals surface area contributed by atoms with Gasteiger partial charge in [-0.1, -0.05) is 5.16 Å². The van der Waals surface area contributed by atoms with Gasteiger partial charge in [0.1, 0.15) is 0 Å². The van der Waals surface area contributed by atoms with E-state index >= 15 is 0 Å². The van der Waals surface area contributed by atoms with Crippen LogP contribution in [0.4, 0.5) is 0 Å². The molecule has 0 bridgehead atoms. The van der Waals surface area contributed by atoms with E-state index in [0.29, 0.717) is 32.5 Å². The first-order chi connectivity index (χ1) is 9.50. The zero-order valence-electron chi connectivity index (χ0n) is 11.2. The van der Waals surface area contributed by atoms with Gasteiger partial charge in [-0.3, -0.25) is 4.79 Å². The molecule has 0 unspecified atom stereocenters. The molecule has 20 heavy (non-hydrogen) atoms. The maximum atomic E-state index is 12.2. The summed E-state index contributed by atoms with van der Waals surface area (Å²) in [5.74, 6) is 0.0998. The maximum absolute atomic E-state index is 12.2. The topological polar surface area (TPSA) is 83.7 Å². The van der Waals surface area contributed by atoms with Gasteiger partial charge in [-0.25, -0.2) is 12.7 Å². The van der Waals surface area contributed by atoms with Crippen LogP contribution in [0.3, 0.4) is 0 Å². The molecule has 2 aliphatic rings. The molecule has 1 aromatic heterocycles. The Morgan fingerprint density at radius 1 is 1.40 bits per heavy atom. The van der Waals surface area contributed by atoms with Gasteiger partial charge >= 0.3 is 0 Å². The van der Waals surface area contributed by atoms with Crippen LogP contribution in [0.15, 0.2) is 16.8 Å². The molecule has 0 saturated carbocycles. The molecule has 2 fully saturated rings. The Labute approximate surface area is 117 Å². The van der Waals surface area contributed by atoms with Crippen LogP contribution < -0.4 is 0 Å². The number of nitrogens with zero attached hydrogens (tertiary/aromatic N) is 3. The van der Waals surface area contributed by atoms with E-state index in [0.717, 1.165) is 0 Å². The molecule has 1 amide bonds. The number of carbonyl (C=O) groups is 1. The largest absolute Gasteiger partial charge is 0.351 e. The van der Waals surface area contributed by atoms with Crippen molar-refractivity contribution in [2.75, 3.05) is 26.7 Å². The zero-order valence-corrected chi connectivity index (χ0v) is 12.0. The Bertz CT molecular complexity index is 598. The average molecular weight is 299 g/mol. The highest BCUT2D eigenvalue weighted by atomic mass is 32.2. The summed E-state index contributed by atoms with van der Waals surface area (Å²) in [4.78, 5) is 13.9. The molecular weight excluding hydrogens is 282 g/mol. The molecule has 2 saturated heterocycles. The fourth-order valence-corrected chi connectivity index (χ4v) is 5.06. The molecule has 0 radical (unpaired) electrons. The summed E-state index contributed by atoms with van der Waals surface area (Å²) in [6, 6.07) is 1.53. The Morgan fingerprint density at radius 3 is 2.85 bits per heavy atom. The van der Waals surface area contributed by atoms with Gasteiger partial charge in [0, 0.05) is 32.7 Å². The SMILES string of the molecule is CN1C[C@H]2CCN(C(=O)c3ccno3)CC[C@H]2S1(=O)=O. The van der Waals surface area contributed by atoms with Crippen molar-refractivity contribution in [3.05, 3.63) is 18.0 Å². The molecular formula is C12H17N3O4S. The lowest BCUT2D eigenvalue weighted by atomic mass is 10.0. The molecule has 8 heteroatoms. The number of fused-ring (bicyclic) bond motifs is 1. The minimum absolute atomic E-state index is 0.109. The number of hydrogen-bond acceptors (Lipinski definition) is 5. The van der Waals surface area contributed by atoms with Gasteiger partial charge in [-0.05, 0) is 18.8 Å². The first kappa shape index (κ1) is 13.6. The van der Waals surface area contributed by atoms with Crippen LogP contribution in [0.1, 0.15) is 23.4 Å². The molecule has 0 spiro atoms. The van der Waals surface area contributed by atoms with Gasteiger partial charge in [0.25, 0.3) is 5.91 Å². The van der Waals surface area contributed by atoms with E-state index in [4.69, 9.17) is 4.52 Å². The Balaban J connectivity index is 1.75.